The van der Waals surface area contributed by atoms with E-state index in [1.807, 2.05) is 60.7 Å². The predicted molar refractivity (Wildman–Crippen MR) is 132 cm³/mol. The van der Waals surface area contributed by atoms with Gasteiger partial charge in [-0.25, -0.2) is 9.59 Å². The maximum absolute atomic E-state index is 12.9. The first kappa shape index (κ1) is 21.2. The standard InChI is InChI=1S/C30H20O4/c31-29(24-11-5-2-6-12-24)33-26-15-7-13-23-14-8-16-27(28(23)26)34-30(32)25-19-17-22(18-20-25)21-9-3-1-4-10-21/h1-20H. The normalized spacial score (nSPS) is 10.6. The molecule has 0 aliphatic heterocycles. The van der Waals surface area contributed by atoms with Gasteiger partial charge in [-0.3, -0.25) is 0 Å². The summed E-state index contributed by atoms with van der Waals surface area (Å²) in [5.74, 6) is -0.317. The van der Waals surface area contributed by atoms with Crippen molar-refractivity contribution in [1.29, 1.82) is 0 Å². The molecule has 0 aliphatic carbocycles. The zero-order valence-electron chi connectivity index (χ0n) is 18.2. The molecule has 0 amide bonds. The Morgan fingerprint density at radius 2 is 0.912 bits per heavy atom. The van der Waals surface area contributed by atoms with Crippen LogP contribution in [0.4, 0.5) is 0 Å². The topological polar surface area (TPSA) is 52.6 Å². The number of esters is 2. The second-order valence-corrected chi connectivity index (χ2v) is 7.70. The third-order valence-electron chi connectivity index (χ3n) is 5.47. The number of hydrogen-bond acceptors (Lipinski definition) is 4. The first-order valence-electron chi connectivity index (χ1n) is 10.9. The monoisotopic (exact) mass is 444 g/mol. The van der Waals surface area contributed by atoms with Crippen LogP contribution < -0.4 is 9.47 Å². The number of hydrogen-bond donors (Lipinski definition) is 0. The van der Waals surface area contributed by atoms with Crippen LogP contribution in [-0.2, 0) is 0 Å². The van der Waals surface area contributed by atoms with Gasteiger partial charge < -0.3 is 9.47 Å². The molecule has 5 aromatic rings. The summed E-state index contributed by atoms with van der Waals surface area (Å²) < 4.78 is 11.4. The van der Waals surface area contributed by atoms with Crippen molar-refractivity contribution in [3.63, 3.8) is 0 Å². The lowest BCUT2D eigenvalue weighted by Gasteiger charge is -2.12. The van der Waals surface area contributed by atoms with E-state index >= 15 is 0 Å². The summed E-state index contributed by atoms with van der Waals surface area (Å²) in [6, 6.07) is 36.7. The smallest absolute Gasteiger partial charge is 0.343 e. The van der Waals surface area contributed by atoms with Crippen molar-refractivity contribution in [2.45, 2.75) is 0 Å². The minimum absolute atomic E-state index is 0.325. The highest BCUT2D eigenvalue weighted by atomic mass is 16.5. The van der Waals surface area contributed by atoms with E-state index in [4.69, 9.17) is 9.47 Å². The number of ether oxygens (including phenoxy) is 2. The van der Waals surface area contributed by atoms with Crippen LogP contribution >= 0.6 is 0 Å². The van der Waals surface area contributed by atoms with Gasteiger partial charge in [0.2, 0.25) is 0 Å². The second kappa shape index (κ2) is 9.43. The fourth-order valence-electron chi connectivity index (χ4n) is 3.76. The molecule has 34 heavy (non-hydrogen) atoms. The average molecular weight is 444 g/mol. The summed E-state index contributed by atoms with van der Waals surface area (Å²) in [6.07, 6.45) is 0. The van der Waals surface area contributed by atoms with Crippen LogP contribution in [0.1, 0.15) is 20.7 Å². The molecule has 0 aromatic heterocycles. The molecule has 0 aliphatic rings. The van der Waals surface area contributed by atoms with Crippen molar-refractivity contribution >= 4 is 22.7 Å². The molecule has 0 saturated carbocycles. The Labute approximate surface area is 197 Å². The molecular weight excluding hydrogens is 424 g/mol. The van der Waals surface area contributed by atoms with Gasteiger partial charge >= 0.3 is 11.9 Å². The third kappa shape index (κ3) is 4.43. The maximum atomic E-state index is 12.9. The maximum Gasteiger partial charge on any atom is 0.343 e. The molecule has 0 N–H and O–H groups in total. The van der Waals surface area contributed by atoms with Crippen LogP contribution in [0.25, 0.3) is 21.9 Å². The molecular formula is C30H20O4. The summed E-state index contributed by atoms with van der Waals surface area (Å²) in [4.78, 5) is 25.6. The summed E-state index contributed by atoms with van der Waals surface area (Å²) in [5.41, 5.74) is 2.95. The summed E-state index contributed by atoms with van der Waals surface area (Å²) in [7, 11) is 0. The number of fused-ring (bicyclic) bond motifs is 1. The van der Waals surface area contributed by atoms with Gasteiger partial charge in [0.15, 0.2) is 0 Å². The first-order valence-corrected chi connectivity index (χ1v) is 10.9. The Hall–Kier alpha value is -4.70. The zero-order chi connectivity index (χ0) is 23.3. The predicted octanol–water partition coefficient (Wildman–Crippen LogP) is 6.95. The van der Waals surface area contributed by atoms with Crippen LogP contribution in [0.3, 0.4) is 0 Å². The van der Waals surface area contributed by atoms with Crippen LogP contribution in [0.2, 0.25) is 0 Å². The average Bonchev–Trinajstić information content (AvgIpc) is 2.90. The van der Waals surface area contributed by atoms with Crippen molar-refractivity contribution in [2.75, 3.05) is 0 Å². The van der Waals surface area contributed by atoms with E-state index in [1.54, 1.807) is 60.7 Å². The summed E-state index contributed by atoms with van der Waals surface area (Å²) in [5, 5.41) is 1.35. The van der Waals surface area contributed by atoms with E-state index in [2.05, 4.69) is 0 Å². The van der Waals surface area contributed by atoms with E-state index in [0.717, 1.165) is 16.5 Å². The Morgan fingerprint density at radius 1 is 0.441 bits per heavy atom. The van der Waals surface area contributed by atoms with E-state index in [0.29, 0.717) is 28.0 Å². The highest BCUT2D eigenvalue weighted by Gasteiger charge is 2.16. The van der Waals surface area contributed by atoms with Crippen molar-refractivity contribution in [2.24, 2.45) is 0 Å². The minimum atomic E-state index is -0.490. The van der Waals surface area contributed by atoms with Gasteiger partial charge in [0.05, 0.1) is 16.5 Å². The molecule has 0 atom stereocenters. The van der Waals surface area contributed by atoms with Crippen LogP contribution in [0.5, 0.6) is 11.5 Å². The number of carbonyl (C=O) groups is 2. The SMILES string of the molecule is O=C(Oc1cccc2cccc(OC(=O)c3ccc(-c4ccccc4)cc3)c12)c1ccccc1. The Morgan fingerprint density at radius 3 is 1.47 bits per heavy atom. The number of benzene rings is 5. The van der Waals surface area contributed by atoms with Gasteiger partial charge in [0.1, 0.15) is 11.5 Å². The molecule has 0 unspecified atom stereocenters. The lowest BCUT2D eigenvalue weighted by molar-refractivity contribution is 0.0736. The van der Waals surface area contributed by atoms with Crippen molar-refractivity contribution < 1.29 is 19.1 Å². The van der Waals surface area contributed by atoms with E-state index in [-0.39, 0.29) is 0 Å². The van der Waals surface area contributed by atoms with Crippen LogP contribution in [0, 0.1) is 0 Å². The van der Waals surface area contributed by atoms with Gasteiger partial charge in [-0.05, 0) is 52.9 Å². The van der Waals surface area contributed by atoms with E-state index in [1.165, 1.54) is 0 Å². The largest absolute Gasteiger partial charge is 0.422 e. The van der Waals surface area contributed by atoms with E-state index < -0.39 is 11.9 Å². The third-order valence-corrected chi connectivity index (χ3v) is 5.47. The summed E-state index contributed by atoms with van der Waals surface area (Å²) in [6.45, 7) is 0. The quantitative estimate of drug-likeness (QED) is 0.218. The molecule has 0 heterocycles. The van der Waals surface area contributed by atoms with Gasteiger partial charge in [0.25, 0.3) is 0 Å². The molecule has 4 nitrogen and oxygen atoms in total. The van der Waals surface area contributed by atoms with Gasteiger partial charge in [0, 0.05) is 0 Å². The van der Waals surface area contributed by atoms with Crippen molar-refractivity contribution in [1.82, 2.24) is 0 Å². The van der Waals surface area contributed by atoms with Crippen molar-refractivity contribution in [3.05, 3.63) is 132 Å². The lowest BCUT2D eigenvalue weighted by atomic mass is 10.0. The van der Waals surface area contributed by atoms with Gasteiger partial charge in [-0.2, -0.15) is 0 Å². The molecule has 4 heteroatoms. The molecule has 164 valence electrons. The lowest BCUT2D eigenvalue weighted by Crippen LogP contribution is -2.10. The Bertz CT molecular complexity index is 1450. The molecule has 0 bridgehead atoms. The molecule has 5 aromatic carbocycles. The van der Waals surface area contributed by atoms with Gasteiger partial charge in [-0.1, -0.05) is 84.9 Å². The first-order chi connectivity index (χ1) is 16.7. The zero-order valence-corrected chi connectivity index (χ0v) is 18.2. The highest BCUT2D eigenvalue weighted by Crippen LogP contribution is 2.35. The molecule has 0 radical (unpaired) electrons. The highest BCUT2D eigenvalue weighted by molar-refractivity contribution is 6.00. The minimum Gasteiger partial charge on any atom is -0.422 e. The van der Waals surface area contributed by atoms with Crippen LogP contribution in [-0.4, -0.2) is 11.9 Å². The molecule has 0 spiro atoms. The van der Waals surface area contributed by atoms with Gasteiger partial charge in [-0.15, -0.1) is 0 Å². The Balaban J connectivity index is 1.42. The number of rotatable bonds is 5. The second-order valence-electron chi connectivity index (χ2n) is 7.70. The molecule has 5 rings (SSSR count). The molecule has 0 fully saturated rings. The fourth-order valence-corrected chi connectivity index (χ4v) is 3.76. The number of carbonyl (C=O) groups excluding carboxylic acids is 2. The van der Waals surface area contributed by atoms with E-state index in [9.17, 15) is 9.59 Å². The van der Waals surface area contributed by atoms with Crippen molar-refractivity contribution in [3.8, 4) is 22.6 Å². The fraction of sp³-hybridized carbons (Fsp3) is 0. The van der Waals surface area contributed by atoms with Crippen LogP contribution in [0.15, 0.2) is 121 Å². The summed E-state index contributed by atoms with van der Waals surface area (Å²) >= 11 is 0. The Kier molecular flexibility index (Phi) is 5.87. The molecule has 0 saturated heterocycles.